The summed E-state index contributed by atoms with van der Waals surface area (Å²) >= 11 is 3.14. The number of rotatable bonds is 4. The van der Waals surface area contributed by atoms with Gasteiger partial charge >= 0.3 is 51.4 Å². The van der Waals surface area contributed by atoms with Crippen LogP contribution in [0.2, 0.25) is 0 Å². The van der Waals surface area contributed by atoms with E-state index in [1.807, 2.05) is 0 Å². The molecule has 2 unspecified atom stereocenters. The Morgan fingerprint density at radius 3 is 2.38 bits per heavy atom. The summed E-state index contributed by atoms with van der Waals surface area (Å²) in [6.07, 6.45) is 0. The molecule has 1 aliphatic heterocycles. The molecule has 1 aromatic heterocycles. The van der Waals surface area contributed by atoms with Crippen molar-refractivity contribution in [2.75, 3.05) is 6.54 Å². The normalized spacial score (nSPS) is 21.3. The minimum absolute atomic E-state index is 0. The predicted molar refractivity (Wildman–Crippen MR) is 86.2 cm³/mol. The number of non-ortho nitro benzene ring substituents is 1. The molecule has 0 radical (unpaired) electrons. The number of hydrogen-bond acceptors (Lipinski definition) is 5. The molecule has 1 fully saturated rings. The third kappa shape index (κ3) is 4.22. The van der Waals surface area contributed by atoms with E-state index in [-0.39, 0.29) is 78.9 Å². The van der Waals surface area contributed by atoms with Crippen molar-refractivity contribution in [3.05, 3.63) is 62.6 Å². The Balaban J connectivity index is 0.00000169. The van der Waals surface area contributed by atoms with Gasteiger partial charge < -0.3 is 4.70 Å². The van der Waals surface area contributed by atoms with Crippen LogP contribution < -0.4 is 56.1 Å². The zero-order valence-electron chi connectivity index (χ0n) is 13.7. The Morgan fingerprint density at radius 2 is 1.85 bits per heavy atom. The molecule has 7 nitrogen and oxygen atoms in total. The standard InChI is InChI=1S/C14H11BrFN3O4S.FH.K/c1-14(13-11(16)6-7-12(15)17-13)8-18(14)24(22,23)10-4-2-9(3-5-10)19(20)21;;/h2-7H,8H2,1H3;1H;/q;;+1/p-1. The van der Waals surface area contributed by atoms with Crippen LogP contribution in [0.4, 0.5) is 10.1 Å². The Kier molecular flexibility index (Phi) is 7.61. The molecule has 0 spiro atoms. The van der Waals surface area contributed by atoms with Gasteiger partial charge in [0, 0.05) is 18.7 Å². The van der Waals surface area contributed by atoms with E-state index in [9.17, 15) is 22.9 Å². The number of sulfonamides is 1. The van der Waals surface area contributed by atoms with E-state index in [4.69, 9.17) is 0 Å². The summed E-state index contributed by atoms with van der Waals surface area (Å²) in [4.78, 5) is 14.0. The summed E-state index contributed by atoms with van der Waals surface area (Å²) in [5.74, 6) is -0.595. The molecule has 1 saturated heterocycles. The summed E-state index contributed by atoms with van der Waals surface area (Å²) in [5, 5.41) is 10.7. The van der Waals surface area contributed by atoms with Gasteiger partial charge in [-0.15, -0.1) is 0 Å². The van der Waals surface area contributed by atoms with Crippen LogP contribution in [0.1, 0.15) is 12.6 Å². The molecule has 26 heavy (non-hydrogen) atoms. The van der Waals surface area contributed by atoms with Crippen LogP contribution in [0.15, 0.2) is 45.9 Å². The molecule has 2 atom stereocenters. The van der Waals surface area contributed by atoms with E-state index in [1.165, 1.54) is 12.1 Å². The summed E-state index contributed by atoms with van der Waals surface area (Å²) in [6, 6.07) is 7.21. The van der Waals surface area contributed by atoms with Gasteiger partial charge in [-0.2, -0.15) is 4.31 Å². The van der Waals surface area contributed by atoms with Gasteiger partial charge in [-0.1, -0.05) is 0 Å². The molecule has 134 valence electrons. The maximum atomic E-state index is 14.0. The van der Waals surface area contributed by atoms with E-state index < -0.39 is 26.3 Å². The van der Waals surface area contributed by atoms with Crippen molar-refractivity contribution >= 4 is 31.6 Å². The summed E-state index contributed by atoms with van der Waals surface area (Å²) < 4.78 is 40.9. The fourth-order valence-corrected chi connectivity index (χ4v) is 4.53. The third-order valence-corrected chi connectivity index (χ3v) is 6.28. The molecule has 2 aromatic rings. The molecule has 3 rings (SSSR count). The molecule has 1 aromatic carbocycles. The van der Waals surface area contributed by atoms with Gasteiger partial charge in [0.25, 0.3) is 5.69 Å². The smallest absolute Gasteiger partial charge is 1.00 e. The first-order chi connectivity index (χ1) is 11.2. The van der Waals surface area contributed by atoms with Gasteiger partial charge in [0.1, 0.15) is 10.4 Å². The SMILES string of the molecule is CC1(c2nc(Br)ccc2F)CN1S(=O)(=O)c1ccc([N+](=O)[O-])cc1.[F-].[K+]. The van der Waals surface area contributed by atoms with Gasteiger partial charge in [-0.25, -0.2) is 17.8 Å². The topological polar surface area (TPSA) is 93.2 Å². The quantitative estimate of drug-likeness (QED) is 0.153. The van der Waals surface area contributed by atoms with Gasteiger partial charge in [0.15, 0.2) is 0 Å². The fourth-order valence-electron chi connectivity index (χ4n) is 2.45. The average Bonchev–Trinajstić information content (AvgIpc) is 3.24. The van der Waals surface area contributed by atoms with Crippen molar-refractivity contribution in [3.63, 3.8) is 0 Å². The Hall–Kier alpha value is -0.344. The second-order valence-electron chi connectivity index (χ2n) is 5.50. The first-order valence-corrected chi connectivity index (χ1v) is 8.99. The second-order valence-corrected chi connectivity index (χ2v) is 8.18. The summed E-state index contributed by atoms with van der Waals surface area (Å²) in [5.41, 5.74) is -1.27. The molecule has 0 N–H and O–H groups in total. The largest absolute Gasteiger partial charge is 1.00 e. The average molecular weight is 474 g/mol. The van der Waals surface area contributed by atoms with Gasteiger partial charge in [-0.05, 0) is 47.1 Å². The molecule has 0 amide bonds. The number of nitrogens with zero attached hydrogens (tertiary/aromatic N) is 3. The fraction of sp³-hybridized carbons (Fsp3) is 0.214. The maximum Gasteiger partial charge on any atom is 1.00 e. The van der Waals surface area contributed by atoms with Crippen LogP contribution in [0.25, 0.3) is 0 Å². The van der Waals surface area contributed by atoms with Gasteiger partial charge in [0.05, 0.1) is 21.1 Å². The number of pyridine rings is 1. The van der Waals surface area contributed by atoms with E-state index in [0.29, 0.717) is 4.60 Å². The number of nitro groups is 1. The zero-order valence-corrected chi connectivity index (χ0v) is 19.2. The van der Waals surface area contributed by atoms with Crippen molar-refractivity contribution in [1.82, 2.24) is 9.29 Å². The minimum Gasteiger partial charge on any atom is -1.00 e. The Labute approximate surface area is 199 Å². The van der Waals surface area contributed by atoms with E-state index in [2.05, 4.69) is 20.9 Å². The van der Waals surface area contributed by atoms with Crippen molar-refractivity contribution in [2.45, 2.75) is 17.4 Å². The minimum atomic E-state index is -3.90. The molecule has 0 aliphatic carbocycles. The second kappa shape index (κ2) is 8.35. The van der Waals surface area contributed by atoms with Crippen molar-refractivity contribution in [3.8, 4) is 0 Å². The summed E-state index contributed by atoms with van der Waals surface area (Å²) in [6.45, 7) is 1.65. The Morgan fingerprint density at radius 1 is 1.27 bits per heavy atom. The first kappa shape index (κ1) is 23.7. The molecular weight excluding hydrogens is 463 g/mol. The first-order valence-electron chi connectivity index (χ1n) is 6.76. The van der Waals surface area contributed by atoms with Crippen LogP contribution in [0.5, 0.6) is 0 Å². The van der Waals surface area contributed by atoms with Crippen molar-refractivity contribution in [2.24, 2.45) is 0 Å². The van der Waals surface area contributed by atoms with Crippen LogP contribution in [-0.2, 0) is 15.6 Å². The maximum absolute atomic E-state index is 14.0. The summed E-state index contributed by atoms with van der Waals surface area (Å²) in [7, 11) is -3.90. The van der Waals surface area contributed by atoms with Crippen LogP contribution in [0.3, 0.4) is 0 Å². The van der Waals surface area contributed by atoms with Gasteiger partial charge in [-0.3, -0.25) is 10.1 Å². The van der Waals surface area contributed by atoms with E-state index >= 15 is 0 Å². The van der Waals surface area contributed by atoms with Gasteiger partial charge in [0.2, 0.25) is 10.0 Å². The Bertz CT molecular complexity index is 946. The van der Waals surface area contributed by atoms with E-state index in [0.717, 1.165) is 28.6 Å². The van der Waals surface area contributed by atoms with Crippen molar-refractivity contribution < 1.29 is 73.8 Å². The van der Waals surface area contributed by atoms with Crippen LogP contribution in [0, 0.1) is 15.9 Å². The molecule has 12 heteroatoms. The number of aromatic nitrogens is 1. The number of benzene rings is 1. The third-order valence-electron chi connectivity index (χ3n) is 3.86. The predicted octanol–water partition coefficient (Wildman–Crippen LogP) is -3.18. The molecule has 2 heterocycles. The number of hydrogen-bond donors (Lipinski definition) is 0. The molecular formula is C14H11BrF2KN3O4S. The molecule has 1 aliphatic rings. The van der Waals surface area contributed by atoms with Crippen molar-refractivity contribution in [1.29, 1.82) is 0 Å². The van der Waals surface area contributed by atoms with Crippen LogP contribution >= 0.6 is 15.9 Å². The number of halogens is 3. The molecule has 0 bridgehead atoms. The number of nitro benzene ring substituents is 1. The van der Waals surface area contributed by atoms with E-state index in [1.54, 1.807) is 6.92 Å². The molecule has 0 saturated carbocycles. The van der Waals surface area contributed by atoms with Crippen LogP contribution in [-0.4, -0.2) is 29.2 Å². The monoisotopic (exact) mass is 473 g/mol. The zero-order chi connectivity index (χ0) is 17.7.